The lowest BCUT2D eigenvalue weighted by Crippen LogP contribution is -2.47. The van der Waals surface area contributed by atoms with Crippen LogP contribution in [0, 0.1) is 5.92 Å². The molecule has 1 aliphatic rings. The van der Waals surface area contributed by atoms with E-state index in [1.807, 2.05) is 0 Å². The van der Waals surface area contributed by atoms with Gasteiger partial charge < -0.3 is 16.0 Å². The van der Waals surface area contributed by atoms with Crippen molar-refractivity contribution in [3.05, 3.63) is 0 Å². The van der Waals surface area contributed by atoms with E-state index < -0.39 is 0 Å². The summed E-state index contributed by atoms with van der Waals surface area (Å²) in [5.41, 5.74) is 5.26. The summed E-state index contributed by atoms with van der Waals surface area (Å²) in [4.78, 5) is 24.5. The van der Waals surface area contributed by atoms with Gasteiger partial charge in [0.2, 0.25) is 11.8 Å². The number of nitrogens with zero attached hydrogens (tertiary/aromatic N) is 1. The van der Waals surface area contributed by atoms with E-state index in [0.29, 0.717) is 13.1 Å². The molecule has 0 spiro atoms. The van der Waals surface area contributed by atoms with Gasteiger partial charge in [-0.25, -0.2) is 0 Å². The number of primary amides is 1. The summed E-state index contributed by atoms with van der Waals surface area (Å²) in [6.45, 7) is 4.50. The number of hydrogen-bond donors (Lipinski definition) is 2. The number of carbonyl (C=O) groups is 2. The Kier molecular flexibility index (Phi) is 5.25. The van der Waals surface area contributed by atoms with E-state index in [-0.39, 0.29) is 17.7 Å². The molecule has 1 rings (SSSR count). The van der Waals surface area contributed by atoms with Crippen molar-refractivity contribution in [2.45, 2.75) is 26.2 Å². The van der Waals surface area contributed by atoms with E-state index in [2.05, 4.69) is 12.2 Å². The fourth-order valence-electron chi connectivity index (χ4n) is 1.92. The van der Waals surface area contributed by atoms with Crippen LogP contribution < -0.4 is 11.1 Å². The Hall–Kier alpha value is -1.10. The van der Waals surface area contributed by atoms with Crippen LogP contribution in [-0.4, -0.2) is 42.9 Å². The molecule has 5 heteroatoms. The number of likely N-dealkylation sites (tertiary alicyclic amines) is 1. The summed E-state index contributed by atoms with van der Waals surface area (Å²) in [7, 11) is 0. The number of nitrogens with one attached hydrogen (secondary N) is 1. The summed E-state index contributed by atoms with van der Waals surface area (Å²) in [6, 6.07) is 0. The Bertz CT molecular complexity index is 256. The zero-order valence-corrected chi connectivity index (χ0v) is 9.87. The molecule has 5 nitrogen and oxygen atoms in total. The number of piperidine rings is 1. The number of nitrogens with two attached hydrogens (primary N) is 1. The van der Waals surface area contributed by atoms with Crippen molar-refractivity contribution in [3.63, 3.8) is 0 Å². The van der Waals surface area contributed by atoms with E-state index >= 15 is 0 Å². The molecule has 92 valence electrons. The molecule has 0 saturated carbocycles. The summed E-state index contributed by atoms with van der Waals surface area (Å²) in [5, 5.41) is 3.07. The lowest BCUT2D eigenvalue weighted by molar-refractivity contribution is -0.134. The van der Waals surface area contributed by atoms with Gasteiger partial charge in [0.05, 0.1) is 12.5 Å². The largest absolute Gasteiger partial charge is 0.369 e. The smallest absolute Gasteiger partial charge is 0.236 e. The highest BCUT2D eigenvalue weighted by molar-refractivity contribution is 5.81. The summed E-state index contributed by atoms with van der Waals surface area (Å²) >= 11 is 0. The quantitative estimate of drug-likeness (QED) is 0.634. The average molecular weight is 227 g/mol. The Morgan fingerprint density at radius 3 is 2.88 bits per heavy atom. The third-order valence-corrected chi connectivity index (χ3v) is 2.88. The standard InChI is InChI=1S/C11H21N3O2/c1-2-5-13-7-10(15)14-6-3-4-9(8-14)11(12)16/h9,13H,2-8H2,1H3,(H2,12,16). The van der Waals surface area contributed by atoms with Crippen molar-refractivity contribution in [1.29, 1.82) is 0 Å². The first-order chi connectivity index (χ1) is 7.65. The highest BCUT2D eigenvalue weighted by Crippen LogP contribution is 2.15. The molecule has 1 atom stereocenters. The summed E-state index contributed by atoms with van der Waals surface area (Å²) in [6.07, 6.45) is 2.69. The van der Waals surface area contributed by atoms with E-state index in [9.17, 15) is 9.59 Å². The average Bonchev–Trinajstić information content (AvgIpc) is 2.29. The SMILES string of the molecule is CCCNCC(=O)N1CCCC(C(N)=O)C1. The van der Waals surface area contributed by atoms with Crippen LogP contribution in [0.3, 0.4) is 0 Å². The van der Waals surface area contributed by atoms with Crippen molar-refractivity contribution < 1.29 is 9.59 Å². The summed E-state index contributed by atoms with van der Waals surface area (Å²) in [5.74, 6) is -0.387. The maximum Gasteiger partial charge on any atom is 0.236 e. The molecule has 1 aliphatic heterocycles. The number of carbonyl (C=O) groups excluding carboxylic acids is 2. The zero-order chi connectivity index (χ0) is 12.0. The van der Waals surface area contributed by atoms with Crippen molar-refractivity contribution in [2.24, 2.45) is 11.7 Å². The molecule has 0 aliphatic carbocycles. The van der Waals surface area contributed by atoms with Crippen LogP contribution in [0.4, 0.5) is 0 Å². The third kappa shape index (κ3) is 3.81. The van der Waals surface area contributed by atoms with Crippen molar-refractivity contribution >= 4 is 11.8 Å². The minimum absolute atomic E-state index is 0.0689. The van der Waals surface area contributed by atoms with E-state index in [1.54, 1.807) is 4.90 Å². The van der Waals surface area contributed by atoms with Crippen LogP contribution >= 0.6 is 0 Å². The van der Waals surface area contributed by atoms with Gasteiger partial charge in [0.15, 0.2) is 0 Å². The fourth-order valence-corrected chi connectivity index (χ4v) is 1.92. The van der Waals surface area contributed by atoms with Crippen LogP contribution in [0.5, 0.6) is 0 Å². The predicted octanol–water partition coefficient (Wildman–Crippen LogP) is -0.290. The van der Waals surface area contributed by atoms with Gasteiger partial charge >= 0.3 is 0 Å². The van der Waals surface area contributed by atoms with Gasteiger partial charge in [0, 0.05) is 13.1 Å². The Balaban J connectivity index is 2.35. The second kappa shape index (κ2) is 6.48. The maximum atomic E-state index is 11.8. The van der Waals surface area contributed by atoms with Crippen molar-refractivity contribution in [2.75, 3.05) is 26.2 Å². The fraction of sp³-hybridized carbons (Fsp3) is 0.818. The highest BCUT2D eigenvalue weighted by Gasteiger charge is 2.26. The van der Waals surface area contributed by atoms with Crippen LogP contribution in [0.2, 0.25) is 0 Å². The molecule has 1 unspecified atom stereocenters. The van der Waals surface area contributed by atoms with Crippen LogP contribution in [-0.2, 0) is 9.59 Å². The number of amides is 2. The van der Waals surface area contributed by atoms with Crippen LogP contribution in [0.1, 0.15) is 26.2 Å². The zero-order valence-electron chi connectivity index (χ0n) is 9.87. The molecule has 0 aromatic rings. The molecule has 1 fully saturated rings. The first kappa shape index (κ1) is 13.0. The molecule has 0 aromatic carbocycles. The molecule has 3 N–H and O–H groups in total. The summed E-state index contributed by atoms with van der Waals surface area (Å²) < 4.78 is 0. The van der Waals surface area contributed by atoms with Gasteiger partial charge in [-0.2, -0.15) is 0 Å². The Morgan fingerprint density at radius 2 is 2.25 bits per heavy atom. The number of rotatable bonds is 5. The first-order valence-electron chi connectivity index (χ1n) is 5.93. The lowest BCUT2D eigenvalue weighted by Gasteiger charge is -2.31. The Labute approximate surface area is 96.4 Å². The van der Waals surface area contributed by atoms with Crippen LogP contribution in [0.25, 0.3) is 0 Å². The lowest BCUT2D eigenvalue weighted by atomic mass is 9.97. The monoisotopic (exact) mass is 227 g/mol. The number of hydrogen-bond acceptors (Lipinski definition) is 3. The normalized spacial score (nSPS) is 20.8. The molecule has 0 radical (unpaired) electrons. The first-order valence-corrected chi connectivity index (χ1v) is 5.93. The molecular weight excluding hydrogens is 206 g/mol. The van der Waals surface area contributed by atoms with Gasteiger partial charge in [0.25, 0.3) is 0 Å². The molecule has 1 saturated heterocycles. The Morgan fingerprint density at radius 1 is 1.50 bits per heavy atom. The van der Waals surface area contributed by atoms with E-state index in [4.69, 9.17) is 5.73 Å². The van der Waals surface area contributed by atoms with Gasteiger partial charge in [-0.3, -0.25) is 9.59 Å². The second-order valence-electron chi connectivity index (χ2n) is 4.26. The molecule has 0 aromatic heterocycles. The molecular formula is C11H21N3O2. The van der Waals surface area contributed by atoms with E-state index in [1.165, 1.54) is 0 Å². The van der Waals surface area contributed by atoms with Crippen molar-refractivity contribution in [3.8, 4) is 0 Å². The minimum atomic E-state index is -0.293. The molecule has 2 amide bonds. The predicted molar refractivity (Wildman–Crippen MR) is 61.7 cm³/mol. The third-order valence-electron chi connectivity index (χ3n) is 2.88. The van der Waals surface area contributed by atoms with Gasteiger partial charge in [0.1, 0.15) is 0 Å². The van der Waals surface area contributed by atoms with E-state index in [0.717, 1.165) is 32.4 Å². The van der Waals surface area contributed by atoms with Gasteiger partial charge in [-0.05, 0) is 25.8 Å². The van der Waals surface area contributed by atoms with Gasteiger partial charge in [-0.15, -0.1) is 0 Å². The molecule has 0 bridgehead atoms. The molecule has 1 heterocycles. The van der Waals surface area contributed by atoms with Crippen LogP contribution in [0.15, 0.2) is 0 Å². The second-order valence-corrected chi connectivity index (χ2v) is 4.26. The molecule has 16 heavy (non-hydrogen) atoms. The van der Waals surface area contributed by atoms with Crippen molar-refractivity contribution in [1.82, 2.24) is 10.2 Å². The van der Waals surface area contributed by atoms with Gasteiger partial charge in [-0.1, -0.05) is 6.92 Å². The maximum absolute atomic E-state index is 11.8. The minimum Gasteiger partial charge on any atom is -0.369 e. The highest BCUT2D eigenvalue weighted by atomic mass is 16.2. The topological polar surface area (TPSA) is 75.4 Å².